The molecule has 0 saturated carbocycles. The fraction of sp³-hybridized carbons (Fsp3) is 0.406. The van der Waals surface area contributed by atoms with Gasteiger partial charge in [0.1, 0.15) is 0 Å². The molecule has 7 rings (SSSR count). The molecule has 1 N–H and O–H groups in total. The molecule has 0 radical (unpaired) electrons. The van der Waals surface area contributed by atoms with Crippen LogP contribution in [0, 0.1) is 0 Å². The molecule has 3 aliphatic rings. The predicted octanol–water partition coefficient (Wildman–Crippen LogP) is 4.38. The van der Waals surface area contributed by atoms with Crippen molar-refractivity contribution in [2.45, 2.75) is 43.2 Å². The first-order chi connectivity index (χ1) is 19.8. The molecule has 2 aromatic carbocycles. The van der Waals surface area contributed by atoms with Gasteiger partial charge in [-0.3, -0.25) is 9.69 Å². The number of aliphatic hydroxyl groups is 1. The van der Waals surface area contributed by atoms with E-state index in [1.165, 1.54) is 12.8 Å². The lowest BCUT2D eigenvalue weighted by Crippen LogP contribution is -2.68. The predicted molar refractivity (Wildman–Crippen MR) is 160 cm³/mol. The summed E-state index contributed by atoms with van der Waals surface area (Å²) in [6.45, 7) is 4.21. The molecule has 0 unspecified atom stereocenters. The van der Waals surface area contributed by atoms with E-state index in [4.69, 9.17) is 21.7 Å². The average Bonchev–Trinajstić information content (AvgIpc) is 3.56. The normalized spacial score (nSPS) is 20.1. The van der Waals surface area contributed by atoms with Crippen LogP contribution < -0.4 is 4.90 Å². The number of anilines is 1. The molecule has 2 aromatic heterocycles. The minimum absolute atomic E-state index is 0.113. The second-order valence-electron chi connectivity index (χ2n) is 12.0. The standard InChI is InChI=1S/C32H35ClN6O2/c1-36-16-3-13-31(36)21-38(22-31)30(40)24-7-5-23(6-8-24)20-28-34-29-27(4-2-17-39(29)35-28)37-18-14-32(41,15-19-37)25-9-11-26(33)12-10-25/h2,4-12,17,41H,3,13-16,18-22H2,1H3. The Balaban J connectivity index is 1.02. The van der Waals surface area contributed by atoms with Crippen LogP contribution in [-0.4, -0.2) is 80.7 Å². The van der Waals surface area contributed by atoms with Gasteiger partial charge in [0.25, 0.3) is 5.91 Å². The largest absolute Gasteiger partial charge is 0.385 e. The first-order valence-corrected chi connectivity index (χ1v) is 14.9. The smallest absolute Gasteiger partial charge is 0.253 e. The van der Waals surface area contributed by atoms with Crippen LogP contribution in [0.15, 0.2) is 66.9 Å². The molecule has 8 nitrogen and oxygen atoms in total. The molecule has 1 spiro atoms. The highest BCUT2D eigenvalue weighted by molar-refractivity contribution is 6.30. The van der Waals surface area contributed by atoms with Crippen LogP contribution in [-0.2, 0) is 12.0 Å². The van der Waals surface area contributed by atoms with Gasteiger partial charge in [-0.15, -0.1) is 0 Å². The van der Waals surface area contributed by atoms with Gasteiger partial charge >= 0.3 is 0 Å². The lowest BCUT2D eigenvalue weighted by Gasteiger charge is -2.51. The number of nitrogens with zero attached hydrogens (tertiary/aromatic N) is 6. The minimum Gasteiger partial charge on any atom is -0.385 e. The summed E-state index contributed by atoms with van der Waals surface area (Å²) in [5.41, 5.74) is 3.89. The monoisotopic (exact) mass is 570 g/mol. The molecule has 9 heteroatoms. The number of likely N-dealkylation sites (N-methyl/N-ethyl adjacent to an activating group) is 1. The highest BCUT2D eigenvalue weighted by Gasteiger charge is 2.50. The number of benzene rings is 2. The summed E-state index contributed by atoms with van der Waals surface area (Å²) in [4.78, 5) is 24.6. The van der Waals surface area contributed by atoms with Crippen molar-refractivity contribution in [2.24, 2.45) is 0 Å². The van der Waals surface area contributed by atoms with Crippen LogP contribution in [0.1, 0.15) is 53.0 Å². The molecule has 5 heterocycles. The number of fused-ring (bicyclic) bond motifs is 1. The number of likely N-dealkylation sites (tertiary alicyclic amines) is 2. The zero-order valence-corrected chi connectivity index (χ0v) is 24.1. The Kier molecular flexibility index (Phi) is 6.52. The van der Waals surface area contributed by atoms with Crippen LogP contribution in [0.2, 0.25) is 5.02 Å². The third-order valence-electron chi connectivity index (χ3n) is 9.46. The van der Waals surface area contributed by atoms with E-state index in [1.807, 2.05) is 70.2 Å². The maximum Gasteiger partial charge on any atom is 0.253 e. The zero-order valence-electron chi connectivity index (χ0n) is 23.3. The summed E-state index contributed by atoms with van der Waals surface area (Å²) in [5, 5.41) is 16.7. The average molecular weight is 571 g/mol. The van der Waals surface area contributed by atoms with E-state index in [0.29, 0.717) is 37.4 Å². The number of carbonyl (C=O) groups is 1. The number of amides is 1. The number of halogens is 1. The number of rotatable bonds is 5. The number of hydrogen-bond donors (Lipinski definition) is 1. The molecule has 0 atom stereocenters. The molecule has 0 aliphatic carbocycles. The highest BCUT2D eigenvalue weighted by Crippen LogP contribution is 2.38. The molecule has 0 bridgehead atoms. The van der Waals surface area contributed by atoms with E-state index >= 15 is 0 Å². The van der Waals surface area contributed by atoms with Crippen molar-refractivity contribution in [1.82, 2.24) is 24.4 Å². The summed E-state index contributed by atoms with van der Waals surface area (Å²) < 4.78 is 1.84. The molecule has 3 saturated heterocycles. The van der Waals surface area contributed by atoms with Gasteiger partial charge in [0.2, 0.25) is 0 Å². The Morgan fingerprint density at radius 1 is 0.976 bits per heavy atom. The molecule has 1 amide bonds. The van der Waals surface area contributed by atoms with Crippen molar-refractivity contribution < 1.29 is 9.90 Å². The number of aromatic nitrogens is 3. The van der Waals surface area contributed by atoms with E-state index in [2.05, 4.69) is 22.9 Å². The Hall–Kier alpha value is -3.46. The summed E-state index contributed by atoms with van der Waals surface area (Å²) in [6, 6.07) is 19.5. The first kappa shape index (κ1) is 26.4. The third kappa shape index (κ3) is 4.78. The fourth-order valence-electron chi connectivity index (χ4n) is 6.84. The lowest BCUT2D eigenvalue weighted by atomic mass is 9.84. The SMILES string of the molecule is CN1CCCC12CN(C(=O)c1ccc(Cc3nc4c(N5CCC(O)(c6ccc(Cl)cc6)CC5)cccn4n3)cc1)C2. The molecule has 212 valence electrons. The van der Waals surface area contributed by atoms with Gasteiger partial charge in [0, 0.05) is 49.4 Å². The summed E-state index contributed by atoms with van der Waals surface area (Å²) in [7, 11) is 2.18. The molecule has 41 heavy (non-hydrogen) atoms. The number of carbonyl (C=O) groups excluding carboxylic acids is 1. The van der Waals surface area contributed by atoms with Crippen molar-refractivity contribution >= 4 is 28.8 Å². The summed E-state index contributed by atoms with van der Waals surface area (Å²) >= 11 is 6.05. The van der Waals surface area contributed by atoms with Gasteiger partial charge in [-0.1, -0.05) is 35.9 Å². The highest BCUT2D eigenvalue weighted by atomic mass is 35.5. The number of hydrogen-bond acceptors (Lipinski definition) is 6. The van der Waals surface area contributed by atoms with Crippen molar-refractivity contribution in [3.05, 3.63) is 94.4 Å². The summed E-state index contributed by atoms with van der Waals surface area (Å²) in [6.07, 6.45) is 6.16. The first-order valence-electron chi connectivity index (χ1n) is 14.5. The second-order valence-corrected chi connectivity index (χ2v) is 12.4. The molecule has 3 fully saturated rings. The Bertz CT molecular complexity index is 1570. The van der Waals surface area contributed by atoms with Crippen molar-refractivity contribution in [2.75, 3.05) is 44.7 Å². The molecular weight excluding hydrogens is 536 g/mol. The van der Waals surface area contributed by atoms with Crippen LogP contribution in [0.3, 0.4) is 0 Å². The lowest BCUT2D eigenvalue weighted by molar-refractivity contribution is -0.00729. The maximum atomic E-state index is 13.0. The van der Waals surface area contributed by atoms with Crippen molar-refractivity contribution in [3.8, 4) is 0 Å². The minimum atomic E-state index is -0.859. The van der Waals surface area contributed by atoms with Crippen LogP contribution in [0.4, 0.5) is 5.69 Å². The van der Waals surface area contributed by atoms with E-state index in [1.54, 1.807) is 0 Å². The van der Waals surface area contributed by atoms with Gasteiger partial charge < -0.3 is 14.9 Å². The van der Waals surface area contributed by atoms with Gasteiger partial charge in [0.05, 0.1) is 16.8 Å². The molecule has 3 aliphatic heterocycles. The third-order valence-corrected chi connectivity index (χ3v) is 9.72. The Morgan fingerprint density at radius 3 is 2.39 bits per heavy atom. The number of pyridine rings is 1. The van der Waals surface area contributed by atoms with Crippen LogP contribution >= 0.6 is 11.6 Å². The van der Waals surface area contributed by atoms with Gasteiger partial charge in [-0.25, -0.2) is 9.50 Å². The topological polar surface area (TPSA) is 77.2 Å². The van der Waals surface area contributed by atoms with E-state index in [-0.39, 0.29) is 11.4 Å². The zero-order chi connectivity index (χ0) is 28.2. The quantitative estimate of drug-likeness (QED) is 0.384. The molecule has 4 aromatic rings. The fourth-order valence-corrected chi connectivity index (χ4v) is 6.96. The van der Waals surface area contributed by atoms with Crippen molar-refractivity contribution in [1.29, 1.82) is 0 Å². The number of piperidine rings is 1. The van der Waals surface area contributed by atoms with Gasteiger partial charge in [-0.2, -0.15) is 5.10 Å². The second kappa shape index (κ2) is 10.1. The molecular formula is C32H35ClN6O2. The van der Waals surface area contributed by atoms with E-state index in [9.17, 15) is 9.90 Å². The summed E-state index contributed by atoms with van der Waals surface area (Å²) in [5.74, 6) is 0.850. The Labute approximate surface area is 245 Å². The van der Waals surface area contributed by atoms with Gasteiger partial charge in [-0.05, 0) is 86.8 Å². The Morgan fingerprint density at radius 2 is 1.71 bits per heavy atom. The van der Waals surface area contributed by atoms with Gasteiger partial charge in [0.15, 0.2) is 11.5 Å². The maximum absolute atomic E-state index is 13.0. The van der Waals surface area contributed by atoms with E-state index < -0.39 is 5.60 Å². The van der Waals surface area contributed by atoms with Crippen LogP contribution in [0.25, 0.3) is 5.65 Å². The van der Waals surface area contributed by atoms with E-state index in [0.717, 1.165) is 53.5 Å². The van der Waals surface area contributed by atoms with Crippen molar-refractivity contribution in [3.63, 3.8) is 0 Å². The van der Waals surface area contributed by atoms with Crippen LogP contribution in [0.5, 0.6) is 0 Å².